The Bertz CT molecular complexity index is 508. The number of nitrogens with one attached hydrogen (secondary N) is 1. The van der Waals surface area contributed by atoms with Gasteiger partial charge in [-0.3, -0.25) is 4.79 Å². The van der Waals surface area contributed by atoms with Gasteiger partial charge in [0.2, 0.25) is 0 Å². The number of rotatable bonds is 3. The average molecular weight is 311 g/mol. The molecule has 2 rings (SSSR count). The molecule has 2 heterocycles. The molecule has 1 aromatic heterocycles. The van der Waals surface area contributed by atoms with E-state index in [9.17, 15) is 4.79 Å². The van der Waals surface area contributed by atoms with E-state index in [0.717, 1.165) is 32.5 Å². The second kappa shape index (κ2) is 7.09. The normalized spacial score (nSPS) is 20.2. The lowest BCUT2D eigenvalue weighted by atomic mass is 10.1. The quantitative estimate of drug-likeness (QED) is 0.931. The highest BCUT2D eigenvalue weighted by Crippen LogP contribution is 2.22. The summed E-state index contributed by atoms with van der Waals surface area (Å²) in [5, 5.41) is 3.36. The van der Waals surface area contributed by atoms with Crippen LogP contribution in [0, 0.1) is 0 Å². The zero-order chi connectivity index (χ0) is 15.4. The summed E-state index contributed by atoms with van der Waals surface area (Å²) in [6.45, 7) is 4.82. The van der Waals surface area contributed by atoms with E-state index in [1.165, 1.54) is 6.20 Å². The van der Waals surface area contributed by atoms with Crippen LogP contribution in [-0.4, -0.2) is 60.5 Å². The highest BCUT2D eigenvalue weighted by atomic mass is 35.5. The largest absolute Gasteiger partial charge is 0.373 e. The van der Waals surface area contributed by atoms with Crippen molar-refractivity contribution in [3.8, 4) is 0 Å². The van der Waals surface area contributed by atoms with Crippen molar-refractivity contribution >= 4 is 23.3 Å². The first-order valence-corrected chi connectivity index (χ1v) is 7.77. The molecule has 6 heteroatoms. The highest BCUT2D eigenvalue weighted by molar-refractivity contribution is 6.33. The van der Waals surface area contributed by atoms with Crippen molar-refractivity contribution in [2.45, 2.75) is 25.8 Å². The fourth-order valence-electron chi connectivity index (χ4n) is 2.75. The minimum absolute atomic E-state index is 0.000972. The lowest BCUT2D eigenvalue weighted by molar-refractivity contribution is 0.0676. The Morgan fingerprint density at radius 1 is 1.52 bits per heavy atom. The molecular formula is C15H23ClN4O. The third-order valence-electron chi connectivity index (χ3n) is 3.98. The molecule has 1 fully saturated rings. The second-order valence-corrected chi connectivity index (χ2v) is 5.88. The van der Waals surface area contributed by atoms with Gasteiger partial charge >= 0.3 is 0 Å². The zero-order valence-electron chi connectivity index (χ0n) is 12.9. The maximum absolute atomic E-state index is 12.9. The summed E-state index contributed by atoms with van der Waals surface area (Å²) in [6, 6.07) is 1.96. The molecule has 1 aliphatic rings. The molecule has 1 atom stereocenters. The summed E-state index contributed by atoms with van der Waals surface area (Å²) < 4.78 is 0. The molecule has 116 valence electrons. The fraction of sp³-hybridized carbons (Fsp3) is 0.600. The number of anilines is 1. The molecule has 1 N–H and O–H groups in total. The van der Waals surface area contributed by atoms with Crippen molar-refractivity contribution in [3.05, 3.63) is 22.8 Å². The van der Waals surface area contributed by atoms with Gasteiger partial charge in [0.05, 0.1) is 10.6 Å². The Morgan fingerprint density at radius 2 is 2.29 bits per heavy atom. The molecule has 0 spiro atoms. The maximum atomic E-state index is 12.9. The third kappa shape index (κ3) is 3.66. The zero-order valence-corrected chi connectivity index (χ0v) is 13.7. The van der Waals surface area contributed by atoms with Crippen molar-refractivity contribution in [3.63, 3.8) is 0 Å². The van der Waals surface area contributed by atoms with Crippen molar-refractivity contribution in [2.75, 3.05) is 39.0 Å². The van der Waals surface area contributed by atoms with Crippen molar-refractivity contribution in [1.29, 1.82) is 0 Å². The van der Waals surface area contributed by atoms with Gasteiger partial charge in [0.1, 0.15) is 5.82 Å². The van der Waals surface area contributed by atoms with Gasteiger partial charge in [0.15, 0.2) is 0 Å². The molecule has 1 amide bonds. The van der Waals surface area contributed by atoms with E-state index >= 15 is 0 Å². The van der Waals surface area contributed by atoms with Gasteiger partial charge in [-0.1, -0.05) is 18.5 Å². The minimum atomic E-state index is 0.000972. The van der Waals surface area contributed by atoms with Crippen LogP contribution >= 0.6 is 11.6 Å². The fourth-order valence-corrected chi connectivity index (χ4v) is 2.94. The van der Waals surface area contributed by atoms with E-state index in [4.69, 9.17) is 11.6 Å². The topological polar surface area (TPSA) is 48.5 Å². The molecule has 1 unspecified atom stereocenters. The molecule has 1 saturated heterocycles. The Hall–Kier alpha value is -1.33. The molecular weight excluding hydrogens is 288 g/mol. The molecule has 21 heavy (non-hydrogen) atoms. The van der Waals surface area contributed by atoms with Crippen LogP contribution in [0.5, 0.6) is 0 Å². The Labute approximate surface area is 131 Å². The molecule has 0 aromatic carbocycles. The highest BCUT2D eigenvalue weighted by Gasteiger charge is 2.28. The lowest BCUT2D eigenvalue weighted by Gasteiger charge is -2.30. The second-order valence-electron chi connectivity index (χ2n) is 5.48. The van der Waals surface area contributed by atoms with Crippen LogP contribution in [0.2, 0.25) is 5.02 Å². The lowest BCUT2D eigenvalue weighted by Crippen LogP contribution is -2.43. The van der Waals surface area contributed by atoms with Gasteiger partial charge in [-0.05, 0) is 32.5 Å². The van der Waals surface area contributed by atoms with Gasteiger partial charge in [0.25, 0.3) is 5.91 Å². The molecule has 0 radical (unpaired) electrons. The smallest absolute Gasteiger partial charge is 0.255 e. The van der Waals surface area contributed by atoms with E-state index in [-0.39, 0.29) is 11.9 Å². The van der Waals surface area contributed by atoms with Crippen LogP contribution in [0.15, 0.2) is 12.3 Å². The van der Waals surface area contributed by atoms with Crippen LogP contribution < -0.4 is 5.32 Å². The first kappa shape index (κ1) is 16.0. The van der Waals surface area contributed by atoms with E-state index in [0.29, 0.717) is 16.4 Å². The molecule has 1 aromatic rings. The van der Waals surface area contributed by atoms with Crippen molar-refractivity contribution < 1.29 is 4.79 Å². The number of carbonyl (C=O) groups excluding carboxylic acids is 1. The first-order chi connectivity index (χ1) is 10.1. The Balaban J connectivity index is 2.28. The summed E-state index contributed by atoms with van der Waals surface area (Å²) in [5.74, 6) is 0.656. The van der Waals surface area contributed by atoms with Gasteiger partial charge in [0, 0.05) is 32.4 Å². The molecule has 0 aliphatic carbocycles. The van der Waals surface area contributed by atoms with E-state index in [1.54, 1.807) is 13.1 Å². The molecule has 5 nitrogen and oxygen atoms in total. The first-order valence-electron chi connectivity index (χ1n) is 7.39. The minimum Gasteiger partial charge on any atom is -0.373 e. The monoisotopic (exact) mass is 310 g/mol. The van der Waals surface area contributed by atoms with E-state index < -0.39 is 0 Å². The van der Waals surface area contributed by atoms with Crippen molar-refractivity contribution in [2.24, 2.45) is 0 Å². The number of nitrogens with zero attached hydrogens (tertiary/aromatic N) is 3. The van der Waals surface area contributed by atoms with Gasteiger partial charge in [-0.25, -0.2) is 4.98 Å². The standard InChI is InChI=1S/C15H23ClN4O/c1-4-11-10-19(3)6-5-7-20(11)15(21)12-8-14(17-2)18-9-13(12)16/h8-9,11H,4-7,10H2,1-3H3,(H,17,18). The molecule has 0 saturated carbocycles. The summed E-state index contributed by atoms with van der Waals surface area (Å²) in [5.41, 5.74) is 0.527. The predicted octanol–water partition coefficient (Wildman–Crippen LogP) is 2.33. The number of carbonyl (C=O) groups is 1. The van der Waals surface area contributed by atoms with Crippen molar-refractivity contribution in [1.82, 2.24) is 14.8 Å². The number of hydrogen-bond donors (Lipinski definition) is 1. The SMILES string of the molecule is CCC1CN(C)CCCN1C(=O)c1cc(NC)ncc1Cl. The Morgan fingerprint density at radius 3 is 2.95 bits per heavy atom. The van der Waals surface area contributed by atoms with Crippen LogP contribution in [0.1, 0.15) is 30.1 Å². The average Bonchev–Trinajstić information content (AvgIpc) is 2.68. The van der Waals surface area contributed by atoms with Crippen LogP contribution in [0.25, 0.3) is 0 Å². The van der Waals surface area contributed by atoms with Gasteiger partial charge in [-0.2, -0.15) is 0 Å². The number of aromatic nitrogens is 1. The predicted molar refractivity (Wildman–Crippen MR) is 86.0 cm³/mol. The molecule has 0 bridgehead atoms. The maximum Gasteiger partial charge on any atom is 0.255 e. The Kier molecular flexibility index (Phi) is 5.42. The number of pyridine rings is 1. The summed E-state index contributed by atoms with van der Waals surface area (Å²) >= 11 is 6.18. The van der Waals surface area contributed by atoms with Crippen LogP contribution in [-0.2, 0) is 0 Å². The third-order valence-corrected chi connectivity index (χ3v) is 4.28. The molecule has 1 aliphatic heterocycles. The van der Waals surface area contributed by atoms with Gasteiger partial charge in [-0.15, -0.1) is 0 Å². The number of halogens is 1. The number of likely N-dealkylation sites (N-methyl/N-ethyl adjacent to an activating group) is 1. The number of amides is 1. The van der Waals surface area contributed by atoms with Crippen LogP contribution in [0.4, 0.5) is 5.82 Å². The summed E-state index contributed by atoms with van der Waals surface area (Å²) in [6.07, 6.45) is 3.46. The van der Waals surface area contributed by atoms with Gasteiger partial charge < -0.3 is 15.1 Å². The number of hydrogen-bond acceptors (Lipinski definition) is 4. The van der Waals surface area contributed by atoms with E-state index in [1.807, 2.05) is 4.90 Å². The summed E-state index contributed by atoms with van der Waals surface area (Å²) in [4.78, 5) is 21.3. The summed E-state index contributed by atoms with van der Waals surface area (Å²) in [7, 11) is 3.88. The van der Waals surface area contributed by atoms with Crippen LogP contribution in [0.3, 0.4) is 0 Å². The van der Waals surface area contributed by atoms with E-state index in [2.05, 4.69) is 29.2 Å².